The summed E-state index contributed by atoms with van der Waals surface area (Å²) in [5.41, 5.74) is 4.42. The molecular weight excluding hydrogens is 364 g/mol. The van der Waals surface area contributed by atoms with Crippen LogP contribution in [0.1, 0.15) is 39.7 Å². The van der Waals surface area contributed by atoms with Crippen molar-refractivity contribution in [3.05, 3.63) is 82.7 Å². The molecule has 1 heterocycles. The molecule has 0 radical (unpaired) electrons. The molecule has 0 N–H and O–H groups in total. The van der Waals surface area contributed by atoms with E-state index in [2.05, 4.69) is 24.2 Å². The van der Waals surface area contributed by atoms with E-state index in [1.807, 2.05) is 37.3 Å². The second-order valence-corrected chi connectivity index (χ2v) is 6.86. The summed E-state index contributed by atoms with van der Waals surface area (Å²) >= 11 is 0. The number of ether oxygens (including phenoxy) is 2. The van der Waals surface area contributed by atoms with Crippen molar-refractivity contribution in [1.82, 2.24) is 9.78 Å². The molecule has 0 saturated heterocycles. The van der Waals surface area contributed by atoms with Gasteiger partial charge >= 0.3 is 0 Å². The molecule has 0 amide bonds. The van der Waals surface area contributed by atoms with Gasteiger partial charge in [-0.05, 0) is 54.8 Å². The summed E-state index contributed by atoms with van der Waals surface area (Å²) in [6.45, 7) is 4.34. The number of ketones is 1. The van der Waals surface area contributed by atoms with Crippen molar-refractivity contribution in [2.75, 3.05) is 7.11 Å². The molecule has 0 atom stereocenters. The van der Waals surface area contributed by atoms with E-state index in [1.165, 1.54) is 5.56 Å². The minimum atomic E-state index is -0.0692. The van der Waals surface area contributed by atoms with Gasteiger partial charge in [-0.3, -0.25) is 9.48 Å². The van der Waals surface area contributed by atoms with Gasteiger partial charge < -0.3 is 9.47 Å². The van der Waals surface area contributed by atoms with Gasteiger partial charge in [0.15, 0.2) is 5.78 Å². The van der Waals surface area contributed by atoms with Crippen molar-refractivity contribution >= 4 is 11.9 Å². The summed E-state index contributed by atoms with van der Waals surface area (Å²) in [7, 11) is 3.44. The molecular formula is C24H26N2O3. The van der Waals surface area contributed by atoms with E-state index in [0.717, 1.165) is 34.7 Å². The van der Waals surface area contributed by atoms with Crippen molar-refractivity contribution in [2.45, 2.75) is 26.9 Å². The van der Waals surface area contributed by atoms with E-state index >= 15 is 0 Å². The van der Waals surface area contributed by atoms with Crippen LogP contribution in [0.15, 0.2) is 54.7 Å². The minimum absolute atomic E-state index is 0.0692. The molecule has 1 aromatic heterocycles. The maximum atomic E-state index is 12.4. The largest absolute Gasteiger partial charge is 0.496 e. The molecule has 0 aliphatic heterocycles. The van der Waals surface area contributed by atoms with Crippen LogP contribution >= 0.6 is 0 Å². The summed E-state index contributed by atoms with van der Waals surface area (Å²) in [6, 6.07) is 13.9. The SMILES string of the molecule is CCc1ccc(OCc2cc(/C=C/C(=O)c3cn(C)nc3C)ccc2OC)cc1. The second-order valence-electron chi connectivity index (χ2n) is 6.86. The summed E-state index contributed by atoms with van der Waals surface area (Å²) < 4.78 is 13.0. The smallest absolute Gasteiger partial charge is 0.189 e. The number of hydrogen-bond acceptors (Lipinski definition) is 4. The topological polar surface area (TPSA) is 53.4 Å². The number of nitrogens with zero attached hydrogens (tertiary/aromatic N) is 2. The molecule has 5 heteroatoms. The van der Waals surface area contributed by atoms with Crippen LogP contribution in [0.2, 0.25) is 0 Å². The van der Waals surface area contributed by atoms with Crippen LogP contribution in [0.3, 0.4) is 0 Å². The lowest BCUT2D eigenvalue weighted by Crippen LogP contribution is -2.00. The van der Waals surface area contributed by atoms with E-state index < -0.39 is 0 Å². The summed E-state index contributed by atoms with van der Waals surface area (Å²) in [6.07, 6.45) is 6.10. The lowest BCUT2D eigenvalue weighted by atomic mass is 10.1. The number of benzene rings is 2. The van der Waals surface area contributed by atoms with Crippen molar-refractivity contribution in [2.24, 2.45) is 7.05 Å². The molecule has 0 saturated carbocycles. The molecule has 0 aliphatic carbocycles. The van der Waals surface area contributed by atoms with E-state index in [0.29, 0.717) is 12.2 Å². The Bertz CT molecular complexity index is 1020. The first-order valence-electron chi connectivity index (χ1n) is 9.61. The molecule has 3 rings (SSSR count). The molecule has 0 unspecified atom stereocenters. The first kappa shape index (κ1) is 20.4. The molecule has 2 aromatic carbocycles. The summed E-state index contributed by atoms with van der Waals surface area (Å²) in [5.74, 6) is 1.49. The first-order valence-corrected chi connectivity index (χ1v) is 9.61. The zero-order valence-corrected chi connectivity index (χ0v) is 17.3. The molecule has 29 heavy (non-hydrogen) atoms. The second kappa shape index (κ2) is 9.24. The van der Waals surface area contributed by atoms with Crippen LogP contribution in [-0.4, -0.2) is 22.7 Å². The Morgan fingerprint density at radius 1 is 1.17 bits per heavy atom. The fraction of sp³-hybridized carbons (Fsp3) is 0.250. The van der Waals surface area contributed by atoms with Crippen molar-refractivity contribution in [1.29, 1.82) is 0 Å². The zero-order valence-electron chi connectivity index (χ0n) is 17.3. The highest BCUT2D eigenvalue weighted by Crippen LogP contribution is 2.23. The van der Waals surface area contributed by atoms with E-state index in [4.69, 9.17) is 9.47 Å². The monoisotopic (exact) mass is 390 g/mol. The number of hydrogen-bond donors (Lipinski definition) is 0. The maximum absolute atomic E-state index is 12.4. The van der Waals surface area contributed by atoms with Gasteiger partial charge in [0, 0.05) is 18.8 Å². The Morgan fingerprint density at radius 3 is 2.55 bits per heavy atom. The Kier molecular flexibility index (Phi) is 6.50. The summed E-state index contributed by atoms with van der Waals surface area (Å²) in [5, 5.41) is 4.22. The van der Waals surface area contributed by atoms with Crippen LogP contribution < -0.4 is 9.47 Å². The average molecular weight is 390 g/mol. The van der Waals surface area contributed by atoms with Crippen LogP contribution in [0, 0.1) is 6.92 Å². The van der Waals surface area contributed by atoms with Crippen LogP contribution in [0.25, 0.3) is 6.08 Å². The van der Waals surface area contributed by atoms with Crippen molar-refractivity contribution in [3.63, 3.8) is 0 Å². The van der Waals surface area contributed by atoms with Crippen molar-refractivity contribution < 1.29 is 14.3 Å². The van der Waals surface area contributed by atoms with Gasteiger partial charge in [0.1, 0.15) is 18.1 Å². The van der Waals surface area contributed by atoms with Gasteiger partial charge in [-0.1, -0.05) is 31.2 Å². The molecule has 0 fully saturated rings. The van der Waals surface area contributed by atoms with Crippen LogP contribution in [0.5, 0.6) is 11.5 Å². The Morgan fingerprint density at radius 2 is 1.93 bits per heavy atom. The molecule has 3 aromatic rings. The Balaban J connectivity index is 1.73. The lowest BCUT2D eigenvalue weighted by Gasteiger charge is -2.11. The number of methoxy groups -OCH3 is 1. The Labute approximate surface area is 171 Å². The summed E-state index contributed by atoms with van der Waals surface area (Å²) in [4.78, 5) is 12.4. The third-order valence-electron chi connectivity index (χ3n) is 4.74. The number of carbonyl (C=O) groups excluding carboxylic acids is 1. The average Bonchev–Trinajstić information content (AvgIpc) is 3.08. The van der Waals surface area contributed by atoms with Gasteiger partial charge in [-0.15, -0.1) is 0 Å². The van der Waals surface area contributed by atoms with E-state index in [9.17, 15) is 4.79 Å². The highest BCUT2D eigenvalue weighted by Gasteiger charge is 2.10. The van der Waals surface area contributed by atoms with Crippen molar-refractivity contribution in [3.8, 4) is 11.5 Å². The van der Waals surface area contributed by atoms with E-state index in [-0.39, 0.29) is 5.78 Å². The van der Waals surface area contributed by atoms with E-state index in [1.54, 1.807) is 37.2 Å². The predicted octanol–water partition coefficient (Wildman–Crippen LogP) is 4.77. The quantitative estimate of drug-likeness (QED) is 0.410. The predicted molar refractivity (Wildman–Crippen MR) is 114 cm³/mol. The fourth-order valence-electron chi connectivity index (χ4n) is 3.10. The molecule has 150 valence electrons. The molecule has 5 nitrogen and oxygen atoms in total. The molecule has 0 spiro atoms. The number of aromatic nitrogens is 2. The number of aryl methyl sites for hydroxylation is 3. The van der Waals surface area contributed by atoms with Gasteiger partial charge in [0.25, 0.3) is 0 Å². The minimum Gasteiger partial charge on any atom is -0.496 e. The third kappa shape index (κ3) is 5.13. The third-order valence-corrected chi connectivity index (χ3v) is 4.74. The highest BCUT2D eigenvalue weighted by atomic mass is 16.5. The number of allylic oxidation sites excluding steroid dienone is 1. The first-order chi connectivity index (χ1) is 14.0. The van der Waals surface area contributed by atoms with Crippen LogP contribution in [0.4, 0.5) is 0 Å². The molecule has 0 aliphatic rings. The standard InChI is InChI=1S/C24H26N2O3/c1-5-18-6-10-21(11-7-18)29-16-20-14-19(9-13-24(20)28-4)8-12-23(27)22-15-26(3)25-17(22)2/h6-15H,5,16H2,1-4H3/b12-8+. The highest BCUT2D eigenvalue weighted by molar-refractivity contribution is 6.07. The Hall–Kier alpha value is -3.34. The zero-order chi connectivity index (χ0) is 20.8. The normalized spacial score (nSPS) is 11.0. The maximum Gasteiger partial charge on any atom is 0.189 e. The van der Waals surface area contributed by atoms with Gasteiger partial charge in [0.2, 0.25) is 0 Å². The number of carbonyl (C=O) groups is 1. The van der Waals surface area contributed by atoms with Gasteiger partial charge in [-0.2, -0.15) is 5.10 Å². The molecule has 0 bridgehead atoms. The van der Waals surface area contributed by atoms with Gasteiger partial charge in [-0.25, -0.2) is 0 Å². The van der Waals surface area contributed by atoms with Crippen LogP contribution in [-0.2, 0) is 20.1 Å². The lowest BCUT2D eigenvalue weighted by molar-refractivity contribution is 0.104. The number of rotatable bonds is 8. The van der Waals surface area contributed by atoms with Gasteiger partial charge in [0.05, 0.1) is 18.4 Å². The fourth-order valence-corrected chi connectivity index (χ4v) is 3.10.